The Morgan fingerprint density at radius 2 is 1.83 bits per heavy atom. The van der Waals surface area contributed by atoms with Gasteiger partial charge < -0.3 is 5.11 Å². The summed E-state index contributed by atoms with van der Waals surface area (Å²) in [5.74, 6) is 0. The van der Waals surface area contributed by atoms with Crippen molar-refractivity contribution in [2.75, 3.05) is 6.61 Å². The van der Waals surface area contributed by atoms with E-state index in [9.17, 15) is 13.2 Å². The number of halogens is 3. The fourth-order valence-electron chi connectivity index (χ4n) is 1.55. The molecule has 1 aromatic carbocycles. The van der Waals surface area contributed by atoms with Gasteiger partial charge in [0.15, 0.2) is 0 Å². The number of aliphatic hydroxyl groups is 1. The fraction of sp³-hybridized carbons (Fsp3) is 0.273. The Morgan fingerprint density at radius 3 is 2.39 bits per heavy atom. The number of aromatic nitrogens is 3. The lowest BCUT2D eigenvalue weighted by molar-refractivity contribution is -0.137. The zero-order valence-corrected chi connectivity index (χ0v) is 9.22. The first-order valence-corrected chi connectivity index (χ1v) is 5.20. The average molecular weight is 257 g/mol. The number of hydrogen-bond acceptors (Lipinski definition) is 3. The van der Waals surface area contributed by atoms with E-state index in [4.69, 9.17) is 5.11 Å². The van der Waals surface area contributed by atoms with Gasteiger partial charge in [0.1, 0.15) is 0 Å². The van der Waals surface area contributed by atoms with Crippen molar-refractivity contribution in [3.63, 3.8) is 0 Å². The molecule has 1 aromatic heterocycles. The third kappa shape index (κ3) is 2.51. The Kier molecular flexibility index (Phi) is 3.33. The summed E-state index contributed by atoms with van der Waals surface area (Å²) in [7, 11) is 0. The van der Waals surface area contributed by atoms with Crippen LogP contribution in [0.5, 0.6) is 0 Å². The van der Waals surface area contributed by atoms with Crippen LogP contribution in [-0.2, 0) is 12.6 Å². The van der Waals surface area contributed by atoms with Crippen molar-refractivity contribution in [2.24, 2.45) is 0 Å². The van der Waals surface area contributed by atoms with E-state index in [1.165, 1.54) is 23.0 Å². The minimum absolute atomic E-state index is 0.0754. The maximum Gasteiger partial charge on any atom is 0.416 e. The van der Waals surface area contributed by atoms with Crippen LogP contribution in [0.1, 0.15) is 11.3 Å². The fourth-order valence-corrected chi connectivity index (χ4v) is 1.55. The highest BCUT2D eigenvalue weighted by molar-refractivity contribution is 5.35. The number of alkyl halides is 3. The van der Waals surface area contributed by atoms with Gasteiger partial charge in [0.05, 0.1) is 23.1 Å². The zero-order chi connectivity index (χ0) is 13.2. The molecule has 0 saturated carbocycles. The van der Waals surface area contributed by atoms with Crippen LogP contribution in [0, 0.1) is 0 Å². The van der Waals surface area contributed by atoms with Gasteiger partial charge in [-0.3, -0.25) is 0 Å². The van der Waals surface area contributed by atoms with Gasteiger partial charge in [-0.15, -0.1) is 5.10 Å². The van der Waals surface area contributed by atoms with Crippen molar-refractivity contribution in [3.05, 3.63) is 41.7 Å². The summed E-state index contributed by atoms with van der Waals surface area (Å²) in [5, 5.41) is 16.3. The number of rotatable bonds is 3. The Labute approximate surface area is 101 Å². The molecule has 0 fully saturated rings. The van der Waals surface area contributed by atoms with Crippen LogP contribution in [0.15, 0.2) is 30.5 Å². The number of hydrogen-bond donors (Lipinski definition) is 1. The number of benzene rings is 1. The number of nitrogens with zero attached hydrogens (tertiary/aromatic N) is 3. The highest BCUT2D eigenvalue weighted by atomic mass is 19.4. The Hall–Kier alpha value is -1.89. The van der Waals surface area contributed by atoms with Crippen LogP contribution in [-0.4, -0.2) is 26.7 Å². The first-order chi connectivity index (χ1) is 8.52. The molecule has 0 atom stereocenters. The lowest BCUT2D eigenvalue weighted by Crippen LogP contribution is -2.07. The van der Waals surface area contributed by atoms with Gasteiger partial charge in [-0.2, -0.15) is 13.2 Å². The summed E-state index contributed by atoms with van der Waals surface area (Å²) in [6.45, 7) is -0.0754. The molecule has 0 aliphatic heterocycles. The molecule has 2 aromatic rings. The summed E-state index contributed by atoms with van der Waals surface area (Å²) in [4.78, 5) is 0. The molecule has 18 heavy (non-hydrogen) atoms. The van der Waals surface area contributed by atoms with Crippen molar-refractivity contribution < 1.29 is 18.3 Å². The van der Waals surface area contributed by atoms with Gasteiger partial charge in [-0.25, -0.2) is 4.68 Å². The van der Waals surface area contributed by atoms with Crippen LogP contribution < -0.4 is 0 Å². The molecule has 1 N–H and O–H groups in total. The van der Waals surface area contributed by atoms with E-state index in [0.717, 1.165) is 12.1 Å². The van der Waals surface area contributed by atoms with E-state index in [2.05, 4.69) is 10.3 Å². The summed E-state index contributed by atoms with van der Waals surface area (Å²) >= 11 is 0. The predicted molar refractivity (Wildman–Crippen MR) is 57.2 cm³/mol. The first-order valence-electron chi connectivity index (χ1n) is 5.20. The monoisotopic (exact) mass is 257 g/mol. The lowest BCUT2D eigenvalue weighted by atomic mass is 10.2. The van der Waals surface area contributed by atoms with Crippen LogP contribution in [0.2, 0.25) is 0 Å². The van der Waals surface area contributed by atoms with E-state index >= 15 is 0 Å². The van der Waals surface area contributed by atoms with Gasteiger partial charge >= 0.3 is 6.18 Å². The minimum Gasteiger partial charge on any atom is -0.396 e. The smallest absolute Gasteiger partial charge is 0.396 e. The Bertz CT molecular complexity index is 519. The van der Waals surface area contributed by atoms with Gasteiger partial charge in [0.25, 0.3) is 0 Å². The molecule has 0 aliphatic rings. The molecule has 0 saturated heterocycles. The van der Waals surface area contributed by atoms with E-state index in [-0.39, 0.29) is 6.61 Å². The van der Waals surface area contributed by atoms with Gasteiger partial charge in [0, 0.05) is 13.0 Å². The number of aliphatic hydroxyl groups excluding tert-OH is 1. The third-order valence-corrected chi connectivity index (χ3v) is 2.43. The first kappa shape index (κ1) is 12.6. The van der Waals surface area contributed by atoms with Gasteiger partial charge in [-0.1, -0.05) is 5.21 Å². The second-order valence-electron chi connectivity index (χ2n) is 3.66. The molecule has 0 spiro atoms. The standard InChI is InChI=1S/C11H10F3N3O/c12-11(13,14)8-1-3-9(4-2-8)17-10(5-6-18)7-15-16-17/h1-4,7,18H,5-6H2. The van der Waals surface area contributed by atoms with Crippen LogP contribution in [0.4, 0.5) is 13.2 Å². The van der Waals surface area contributed by atoms with Gasteiger partial charge in [-0.05, 0) is 24.3 Å². The molecule has 0 radical (unpaired) electrons. The molecule has 2 rings (SSSR count). The molecule has 96 valence electrons. The molecule has 1 heterocycles. The largest absolute Gasteiger partial charge is 0.416 e. The van der Waals surface area contributed by atoms with Gasteiger partial charge in [0.2, 0.25) is 0 Å². The Balaban J connectivity index is 2.32. The SMILES string of the molecule is OCCc1cnnn1-c1ccc(C(F)(F)F)cc1. The maximum absolute atomic E-state index is 12.4. The normalized spacial score (nSPS) is 11.8. The topological polar surface area (TPSA) is 50.9 Å². The van der Waals surface area contributed by atoms with Crippen molar-refractivity contribution in [3.8, 4) is 5.69 Å². The summed E-state index contributed by atoms with van der Waals surface area (Å²) in [6.07, 6.45) is -2.54. The van der Waals surface area contributed by atoms with E-state index < -0.39 is 11.7 Å². The van der Waals surface area contributed by atoms with E-state index in [1.807, 2.05) is 0 Å². The second-order valence-corrected chi connectivity index (χ2v) is 3.66. The van der Waals surface area contributed by atoms with Crippen LogP contribution in [0.3, 0.4) is 0 Å². The molecule has 0 aliphatic carbocycles. The molecule has 7 heteroatoms. The third-order valence-electron chi connectivity index (χ3n) is 2.43. The quantitative estimate of drug-likeness (QED) is 0.912. The van der Waals surface area contributed by atoms with E-state index in [0.29, 0.717) is 17.8 Å². The van der Waals surface area contributed by atoms with Crippen LogP contribution >= 0.6 is 0 Å². The highest BCUT2D eigenvalue weighted by Gasteiger charge is 2.30. The molecule has 0 bridgehead atoms. The molecule has 4 nitrogen and oxygen atoms in total. The van der Waals surface area contributed by atoms with E-state index in [1.54, 1.807) is 0 Å². The maximum atomic E-state index is 12.4. The predicted octanol–water partition coefficient (Wildman–Crippen LogP) is 1.82. The summed E-state index contributed by atoms with van der Waals surface area (Å²) in [6, 6.07) is 4.61. The summed E-state index contributed by atoms with van der Waals surface area (Å²) in [5.41, 5.74) is 0.399. The average Bonchev–Trinajstić information content (AvgIpc) is 2.77. The van der Waals surface area contributed by atoms with Crippen molar-refractivity contribution in [1.82, 2.24) is 15.0 Å². The van der Waals surface area contributed by atoms with Crippen molar-refractivity contribution in [1.29, 1.82) is 0 Å². The second kappa shape index (κ2) is 4.77. The van der Waals surface area contributed by atoms with Crippen molar-refractivity contribution in [2.45, 2.75) is 12.6 Å². The zero-order valence-electron chi connectivity index (χ0n) is 9.22. The minimum atomic E-state index is -4.35. The molecular formula is C11H10F3N3O. The lowest BCUT2D eigenvalue weighted by Gasteiger charge is -2.08. The van der Waals surface area contributed by atoms with Crippen molar-refractivity contribution >= 4 is 0 Å². The van der Waals surface area contributed by atoms with Crippen LogP contribution in [0.25, 0.3) is 5.69 Å². The summed E-state index contributed by atoms with van der Waals surface area (Å²) < 4.78 is 38.6. The highest BCUT2D eigenvalue weighted by Crippen LogP contribution is 2.29. The Morgan fingerprint density at radius 1 is 1.17 bits per heavy atom. The molecule has 0 unspecified atom stereocenters. The molecular weight excluding hydrogens is 247 g/mol. The molecule has 0 amide bonds.